The summed E-state index contributed by atoms with van der Waals surface area (Å²) in [5.74, 6) is 0.911. The topological polar surface area (TPSA) is 12.0 Å². The van der Waals surface area contributed by atoms with Crippen molar-refractivity contribution in [2.24, 2.45) is 5.92 Å². The maximum atomic E-state index is 3.45. The smallest absolute Gasteiger partial charge is 0.00802 e. The second kappa shape index (κ2) is 3.67. The highest BCUT2D eigenvalue weighted by atomic mass is 32.1. The quantitative estimate of drug-likeness (QED) is 0.785. The van der Waals surface area contributed by atoms with Crippen LogP contribution in [0.3, 0.4) is 0 Å². The van der Waals surface area contributed by atoms with E-state index in [0.29, 0.717) is 0 Å². The van der Waals surface area contributed by atoms with Gasteiger partial charge in [-0.25, -0.2) is 0 Å². The van der Waals surface area contributed by atoms with Crippen molar-refractivity contribution in [2.75, 3.05) is 13.1 Å². The second-order valence-electron chi connectivity index (χ2n) is 4.58. The molecule has 0 bridgehead atoms. The van der Waals surface area contributed by atoms with E-state index in [1.54, 1.807) is 15.3 Å². The van der Waals surface area contributed by atoms with E-state index in [9.17, 15) is 0 Å². The van der Waals surface area contributed by atoms with E-state index in [4.69, 9.17) is 0 Å². The van der Waals surface area contributed by atoms with E-state index in [0.717, 1.165) is 5.92 Å². The highest BCUT2D eigenvalue weighted by Gasteiger charge is 2.19. The molecule has 1 unspecified atom stereocenters. The molecular formula is C12H17NS. The van der Waals surface area contributed by atoms with E-state index >= 15 is 0 Å². The summed E-state index contributed by atoms with van der Waals surface area (Å²) < 4.78 is 0. The molecule has 1 aromatic rings. The SMILES string of the molecule is c1c(CC2CCNC2)sc2c1CCC2. The van der Waals surface area contributed by atoms with Crippen molar-refractivity contribution in [2.45, 2.75) is 32.1 Å². The summed E-state index contributed by atoms with van der Waals surface area (Å²) in [6.07, 6.45) is 6.79. The van der Waals surface area contributed by atoms with Crippen LogP contribution in [0.4, 0.5) is 0 Å². The van der Waals surface area contributed by atoms with Crippen molar-refractivity contribution >= 4 is 11.3 Å². The summed E-state index contributed by atoms with van der Waals surface area (Å²) in [7, 11) is 0. The Kier molecular flexibility index (Phi) is 2.34. The molecule has 0 amide bonds. The van der Waals surface area contributed by atoms with Gasteiger partial charge in [0.15, 0.2) is 0 Å². The van der Waals surface area contributed by atoms with Gasteiger partial charge in [-0.05, 0) is 62.7 Å². The molecule has 2 heteroatoms. The Bertz CT molecular complexity index is 302. The van der Waals surface area contributed by atoms with E-state index < -0.39 is 0 Å². The van der Waals surface area contributed by atoms with Gasteiger partial charge in [0.1, 0.15) is 0 Å². The molecule has 1 saturated heterocycles. The predicted molar refractivity (Wildman–Crippen MR) is 61.0 cm³/mol. The third-order valence-corrected chi connectivity index (χ3v) is 4.71. The van der Waals surface area contributed by atoms with Gasteiger partial charge in [0, 0.05) is 9.75 Å². The molecule has 1 aromatic heterocycles. The molecule has 1 atom stereocenters. The van der Waals surface area contributed by atoms with Crippen LogP contribution in [-0.4, -0.2) is 13.1 Å². The molecule has 1 N–H and O–H groups in total. The summed E-state index contributed by atoms with van der Waals surface area (Å²) in [5.41, 5.74) is 1.66. The first-order valence-electron chi connectivity index (χ1n) is 5.73. The minimum atomic E-state index is 0.911. The highest BCUT2D eigenvalue weighted by molar-refractivity contribution is 7.12. The van der Waals surface area contributed by atoms with E-state index in [1.807, 2.05) is 0 Å². The van der Waals surface area contributed by atoms with Crippen molar-refractivity contribution in [3.8, 4) is 0 Å². The zero-order valence-electron chi connectivity index (χ0n) is 8.51. The Morgan fingerprint density at radius 2 is 2.43 bits per heavy atom. The Labute approximate surface area is 89.5 Å². The van der Waals surface area contributed by atoms with Crippen LogP contribution in [0, 0.1) is 5.92 Å². The fourth-order valence-electron chi connectivity index (χ4n) is 2.66. The zero-order valence-corrected chi connectivity index (χ0v) is 9.33. The number of thiophene rings is 1. The Morgan fingerprint density at radius 3 is 3.21 bits per heavy atom. The molecule has 0 spiro atoms. The van der Waals surface area contributed by atoms with Gasteiger partial charge in [0.2, 0.25) is 0 Å². The lowest BCUT2D eigenvalue weighted by Gasteiger charge is -2.04. The molecule has 2 heterocycles. The molecule has 0 saturated carbocycles. The third-order valence-electron chi connectivity index (χ3n) is 3.45. The lowest BCUT2D eigenvalue weighted by Crippen LogP contribution is -2.10. The van der Waals surface area contributed by atoms with Gasteiger partial charge >= 0.3 is 0 Å². The van der Waals surface area contributed by atoms with Crippen LogP contribution in [0.15, 0.2) is 6.07 Å². The van der Waals surface area contributed by atoms with Gasteiger partial charge < -0.3 is 5.32 Å². The highest BCUT2D eigenvalue weighted by Crippen LogP contribution is 2.32. The molecule has 76 valence electrons. The maximum absolute atomic E-state index is 3.45. The van der Waals surface area contributed by atoms with Crippen LogP contribution >= 0.6 is 11.3 Å². The lowest BCUT2D eigenvalue weighted by molar-refractivity contribution is 0.585. The van der Waals surface area contributed by atoms with Crippen LogP contribution in [0.1, 0.15) is 28.2 Å². The minimum absolute atomic E-state index is 0.911. The van der Waals surface area contributed by atoms with E-state index in [2.05, 4.69) is 22.7 Å². The lowest BCUT2D eigenvalue weighted by atomic mass is 10.0. The molecular weight excluding hydrogens is 190 g/mol. The van der Waals surface area contributed by atoms with Gasteiger partial charge in [0.25, 0.3) is 0 Å². The summed E-state index contributed by atoms with van der Waals surface area (Å²) >= 11 is 2.08. The number of rotatable bonds is 2. The Hall–Kier alpha value is -0.340. The van der Waals surface area contributed by atoms with Gasteiger partial charge in [-0.2, -0.15) is 0 Å². The summed E-state index contributed by atoms with van der Waals surface area (Å²) in [5, 5.41) is 3.45. The standard InChI is InChI=1S/C12H17NS/c1-2-10-7-11(14-12(10)3-1)6-9-4-5-13-8-9/h7,9,13H,1-6,8H2. The largest absolute Gasteiger partial charge is 0.316 e. The zero-order chi connectivity index (χ0) is 9.38. The summed E-state index contributed by atoms with van der Waals surface area (Å²) in [6, 6.07) is 2.48. The first-order chi connectivity index (χ1) is 6.92. The first kappa shape index (κ1) is 8.93. The molecule has 0 radical (unpaired) electrons. The predicted octanol–water partition coefficient (Wildman–Crippen LogP) is 2.39. The monoisotopic (exact) mass is 207 g/mol. The average Bonchev–Trinajstić information content (AvgIpc) is 2.78. The number of nitrogens with one attached hydrogen (secondary N) is 1. The number of hydrogen-bond acceptors (Lipinski definition) is 2. The molecule has 1 nitrogen and oxygen atoms in total. The van der Waals surface area contributed by atoms with Gasteiger partial charge in [-0.1, -0.05) is 0 Å². The number of fused-ring (bicyclic) bond motifs is 1. The fraction of sp³-hybridized carbons (Fsp3) is 0.667. The Balaban J connectivity index is 1.71. The van der Waals surface area contributed by atoms with Crippen molar-refractivity contribution in [3.05, 3.63) is 21.4 Å². The maximum Gasteiger partial charge on any atom is 0.00802 e. The molecule has 3 rings (SSSR count). The summed E-state index contributed by atoms with van der Waals surface area (Å²) in [4.78, 5) is 3.33. The van der Waals surface area contributed by atoms with Crippen molar-refractivity contribution < 1.29 is 0 Å². The first-order valence-corrected chi connectivity index (χ1v) is 6.54. The van der Waals surface area contributed by atoms with Crippen LogP contribution in [0.5, 0.6) is 0 Å². The van der Waals surface area contributed by atoms with Gasteiger partial charge in [-0.3, -0.25) is 0 Å². The number of aryl methyl sites for hydroxylation is 2. The van der Waals surface area contributed by atoms with E-state index in [-0.39, 0.29) is 0 Å². The van der Waals surface area contributed by atoms with Crippen LogP contribution in [-0.2, 0) is 19.3 Å². The van der Waals surface area contributed by atoms with Crippen molar-refractivity contribution in [1.29, 1.82) is 0 Å². The van der Waals surface area contributed by atoms with Crippen LogP contribution in [0.2, 0.25) is 0 Å². The van der Waals surface area contributed by atoms with Crippen molar-refractivity contribution in [1.82, 2.24) is 5.32 Å². The second-order valence-corrected chi connectivity index (χ2v) is 5.80. The molecule has 1 aliphatic carbocycles. The van der Waals surface area contributed by atoms with Crippen LogP contribution in [0.25, 0.3) is 0 Å². The van der Waals surface area contributed by atoms with Crippen LogP contribution < -0.4 is 5.32 Å². The van der Waals surface area contributed by atoms with Crippen molar-refractivity contribution in [3.63, 3.8) is 0 Å². The molecule has 1 aliphatic heterocycles. The normalized spacial score (nSPS) is 25.6. The van der Waals surface area contributed by atoms with Gasteiger partial charge in [-0.15, -0.1) is 11.3 Å². The fourth-order valence-corrected chi connectivity index (χ4v) is 4.04. The third kappa shape index (κ3) is 1.61. The molecule has 14 heavy (non-hydrogen) atoms. The molecule has 1 fully saturated rings. The average molecular weight is 207 g/mol. The number of hydrogen-bond donors (Lipinski definition) is 1. The minimum Gasteiger partial charge on any atom is -0.316 e. The molecule has 0 aromatic carbocycles. The van der Waals surface area contributed by atoms with Gasteiger partial charge in [0.05, 0.1) is 0 Å². The summed E-state index contributed by atoms with van der Waals surface area (Å²) in [6.45, 7) is 2.47. The molecule has 2 aliphatic rings. The van der Waals surface area contributed by atoms with E-state index in [1.165, 1.54) is 45.2 Å². The Morgan fingerprint density at radius 1 is 1.43 bits per heavy atom.